The third-order valence-corrected chi connectivity index (χ3v) is 3.09. The molecule has 0 atom stereocenters. The Hall–Kier alpha value is -2.44. The zero-order valence-electron chi connectivity index (χ0n) is 13.4. The molecule has 0 saturated carbocycles. The second-order valence-corrected chi connectivity index (χ2v) is 5.71. The van der Waals surface area contributed by atoms with Crippen LogP contribution in [-0.2, 0) is 9.59 Å². The second kappa shape index (κ2) is 8.26. The van der Waals surface area contributed by atoms with Crippen molar-refractivity contribution in [2.45, 2.75) is 26.7 Å². The van der Waals surface area contributed by atoms with E-state index in [0.717, 1.165) is 6.07 Å². The Morgan fingerprint density at radius 1 is 1.30 bits per heavy atom. The summed E-state index contributed by atoms with van der Waals surface area (Å²) < 4.78 is 14.0. The lowest BCUT2D eigenvalue weighted by molar-refractivity contribution is -0.137. The average molecular weight is 324 g/mol. The summed E-state index contributed by atoms with van der Waals surface area (Å²) in [5.74, 6) is -2.35. The van der Waals surface area contributed by atoms with Crippen LogP contribution in [0, 0.1) is 11.7 Å². The van der Waals surface area contributed by atoms with Crippen LogP contribution in [-0.4, -0.2) is 41.4 Å². The number of anilines is 1. The van der Waals surface area contributed by atoms with Crippen LogP contribution >= 0.6 is 0 Å². The first-order chi connectivity index (χ1) is 10.7. The SMILES string of the molecule is CC(C)CC(=O)Nc1ccc(C(=O)N(C)CCC(=O)O)cc1F. The van der Waals surface area contributed by atoms with Crippen molar-refractivity contribution in [3.8, 4) is 0 Å². The Balaban J connectivity index is 2.77. The number of hydrogen-bond donors (Lipinski definition) is 2. The van der Waals surface area contributed by atoms with Gasteiger partial charge < -0.3 is 15.3 Å². The van der Waals surface area contributed by atoms with Gasteiger partial charge in [0.05, 0.1) is 12.1 Å². The monoisotopic (exact) mass is 324 g/mol. The van der Waals surface area contributed by atoms with E-state index in [1.807, 2.05) is 13.8 Å². The molecule has 0 fully saturated rings. The molecule has 0 radical (unpaired) electrons. The van der Waals surface area contributed by atoms with Gasteiger partial charge in [-0.2, -0.15) is 0 Å². The van der Waals surface area contributed by atoms with Crippen LogP contribution in [0.1, 0.15) is 37.0 Å². The molecule has 0 saturated heterocycles. The van der Waals surface area contributed by atoms with Crippen molar-refractivity contribution < 1.29 is 23.9 Å². The maximum atomic E-state index is 14.0. The standard InChI is InChI=1S/C16H21FN2O4/c1-10(2)8-14(20)18-13-5-4-11(9-12(13)17)16(23)19(3)7-6-15(21)22/h4-5,9-10H,6-8H2,1-3H3,(H,18,20)(H,21,22). The number of hydrogen-bond acceptors (Lipinski definition) is 3. The quantitative estimate of drug-likeness (QED) is 0.806. The Morgan fingerprint density at radius 2 is 1.96 bits per heavy atom. The molecule has 1 aromatic rings. The minimum Gasteiger partial charge on any atom is -0.481 e. The van der Waals surface area contributed by atoms with Gasteiger partial charge in [0, 0.05) is 25.6 Å². The lowest BCUT2D eigenvalue weighted by Gasteiger charge is -2.16. The van der Waals surface area contributed by atoms with E-state index in [-0.39, 0.29) is 42.5 Å². The molecule has 6 nitrogen and oxygen atoms in total. The van der Waals surface area contributed by atoms with Crippen LogP contribution in [0.3, 0.4) is 0 Å². The molecule has 1 rings (SSSR count). The van der Waals surface area contributed by atoms with E-state index >= 15 is 0 Å². The van der Waals surface area contributed by atoms with Crippen LogP contribution in [0.5, 0.6) is 0 Å². The van der Waals surface area contributed by atoms with Gasteiger partial charge in [-0.25, -0.2) is 4.39 Å². The van der Waals surface area contributed by atoms with Gasteiger partial charge in [0.15, 0.2) is 0 Å². The minimum absolute atomic E-state index is 0.0142. The molecule has 1 aromatic carbocycles. The van der Waals surface area contributed by atoms with Gasteiger partial charge >= 0.3 is 5.97 Å². The maximum absolute atomic E-state index is 14.0. The summed E-state index contributed by atoms with van der Waals surface area (Å²) in [6.07, 6.45) is 0.0894. The molecule has 0 aromatic heterocycles. The third kappa shape index (κ3) is 6.06. The number of nitrogens with one attached hydrogen (secondary N) is 1. The van der Waals surface area contributed by atoms with Crippen LogP contribution < -0.4 is 5.32 Å². The summed E-state index contributed by atoms with van der Waals surface area (Å²) in [6.45, 7) is 3.79. The summed E-state index contributed by atoms with van der Waals surface area (Å²) in [5, 5.41) is 11.1. The Labute approximate surface area is 134 Å². The first-order valence-electron chi connectivity index (χ1n) is 7.27. The fraction of sp³-hybridized carbons (Fsp3) is 0.438. The van der Waals surface area contributed by atoms with E-state index in [0.29, 0.717) is 0 Å². The van der Waals surface area contributed by atoms with Crippen molar-refractivity contribution in [3.05, 3.63) is 29.6 Å². The van der Waals surface area contributed by atoms with Gasteiger partial charge in [0.1, 0.15) is 5.82 Å². The Kier molecular flexibility index (Phi) is 6.68. The predicted octanol–water partition coefficient (Wildman–Crippen LogP) is 2.36. The van der Waals surface area contributed by atoms with Gasteiger partial charge in [-0.15, -0.1) is 0 Å². The molecule has 2 N–H and O–H groups in total. The topological polar surface area (TPSA) is 86.7 Å². The third-order valence-electron chi connectivity index (χ3n) is 3.09. The first kappa shape index (κ1) is 18.6. The summed E-state index contributed by atoms with van der Waals surface area (Å²) >= 11 is 0. The molecule has 0 bridgehead atoms. The van der Waals surface area contributed by atoms with Crippen molar-refractivity contribution in [2.75, 3.05) is 18.9 Å². The van der Waals surface area contributed by atoms with Gasteiger partial charge in [-0.3, -0.25) is 14.4 Å². The second-order valence-electron chi connectivity index (χ2n) is 5.71. The number of carboxylic acids is 1. The molecule has 0 spiro atoms. The Morgan fingerprint density at radius 3 is 2.48 bits per heavy atom. The molecule has 0 aliphatic rings. The number of halogens is 1. The van der Waals surface area contributed by atoms with E-state index in [1.54, 1.807) is 0 Å². The van der Waals surface area contributed by atoms with Crippen LogP contribution in [0.25, 0.3) is 0 Å². The number of benzene rings is 1. The lowest BCUT2D eigenvalue weighted by atomic mass is 10.1. The number of carbonyl (C=O) groups is 3. The highest BCUT2D eigenvalue weighted by molar-refractivity contribution is 5.96. The van der Waals surface area contributed by atoms with Crippen molar-refractivity contribution in [1.29, 1.82) is 0 Å². The van der Waals surface area contributed by atoms with E-state index in [9.17, 15) is 18.8 Å². The fourth-order valence-electron chi connectivity index (χ4n) is 1.91. The molecule has 23 heavy (non-hydrogen) atoms. The summed E-state index contributed by atoms with van der Waals surface area (Å²) in [7, 11) is 1.45. The van der Waals surface area contributed by atoms with Crippen molar-refractivity contribution >= 4 is 23.5 Å². The summed E-state index contributed by atoms with van der Waals surface area (Å²) in [6, 6.07) is 3.75. The predicted molar refractivity (Wildman–Crippen MR) is 83.7 cm³/mol. The highest BCUT2D eigenvalue weighted by Crippen LogP contribution is 2.18. The number of rotatable bonds is 7. The highest BCUT2D eigenvalue weighted by Gasteiger charge is 2.16. The van der Waals surface area contributed by atoms with Gasteiger partial charge in [-0.1, -0.05) is 13.8 Å². The highest BCUT2D eigenvalue weighted by atomic mass is 19.1. The molecule has 7 heteroatoms. The normalized spacial score (nSPS) is 10.5. The van der Waals surface area contributed by atoms with Crippen LogP contribution in [0.4, 0.5) is 10.1 Å². The summed E-state index contributed by atoms with van der Waals surface area (Å²) in [5.41, 5.74) is 0.109. The van der Waals surface area contributed by atoms with Crippen LogP contribution in [0.2, 0.25) is 0 Å². The molecule has 0 aliphatic carbocycles. The zero-order chi connectivity index (χ0) is 17.6. The average Bonchev–Trinajstić information content (AvgIpc) is 2.45. The van der Waals surface area contributed by atoms with E-state index < -0.39 is 17.7 Å². The van der Waals surface area contributed by atoms with Gasteiger partial charge in [0.2, 0.25) is 5.91 Å². The lowest BCUT2D eigenvalue weighted by Crippen LogP contribution is -2.29. The zero-order valence-corrected chi connectivity index (χ0v) is 13.4. The summed E-state index contributed by atoms with van der Waals surface area (Å²) in [4.78, 5) is 35.4. The number of carbonyl (C=O) groups excluding carboxylic acids is 2. The smallest absolute Gasteiger partial charge is 0.305 e. The van der Waals surface area contributed by atoms with E-state index in [1.165, 1.54) is 24.1 Å². The van der Waals surface area contributed by atoms with Gasteiger partial charge in [-0.05, 0) is 24.1 Å². The number of amides is 2. The molecular weight excluding hydrogens is 303 g/mol. The van der Waals surface area contributed by atoms with E-state index in [2.05, 4.69) is 5.32 Å². The van der Waals surface area contributed by atoms with Crippen molar-refractivity contribution in [2.24, 2.45) is 5.92 Å². The van der Waals surface area contributed by atoms with Gasteiger partial charge in [0.25, 0.3) is 5.91 Å². The van der Waals surface area contributed by atoms with Crippen molar-refractivity contribution in [3.63, 3.8) is 0 Å². The molecule has 2 amide bonds. The first-order valence-corrected chi connectivity index (χ1v) is 7.27. The Bertz CT molecular complexity index is 602. The van der Waals surface area contributed by atoms with E-state index in [4.69, 9.17) is 5.11 Å². The molecule has 0 unspecified atom stereocenters. The van der Waals surface area contributed by atoms with Crippen LogP contribution in [0.15, 0.2) is 18.2 Å². The molecular formula is C16H21FN2O4. The molecule has 0 aliphatic heterocycles. The van der Waals surface area contributed by atoms with Crippen molar-refractivity contribution in [1.82, 2.24) is 4.90 Å². The fourth-order valence-corrected chi connectivity index (χ4v) is 1.91. The minimum atomic E-state index is -1.01. The number of nitrogens with zero attached hydrogens (tertiary/aromatic N) is 1. The number of carboxylic acid groups (broad SMARTS) is 1. The largest absolute Gasteiger partial charge is 0.481 e. The molecule has 126 valence electrons. The molecule has 0 heterocycles. The number of aliphatic carboxylic acids is 1. The maximum Gasteiger partial charge on any atom is 0.305 e.